The zero-order valence-corrected chi connectivity index (χ0v) is 9.27. The van der Waals surface area contributed by atoms with E-state index in [0.29, 0.717) is 5.56 Å². The standard InChI is InChI=1S/C12H12F3NO/c1-2-12(17)9(7-16-15)5-8-3-4-10(13)11(14)6-8/h3-6,16H,2,7H2,1H3/b9-5+. The molecule has 0 atom stereocenters. The predicted molar refractivity (Wildman–Crippen MR) is 58.7 cm³/mol. The van der Waals surface area contributed by atoms with Crippen molar-refractivity contribution in [2.24, 2.45) is 0 Å². The zero-order chi connectivity index (χ0) is 12.8. The van der Waals surface area contributed by atoms with Crippen molar-refractivity contribution in [2.75, 3.05) is 6.54 Å². The van der Waals surface area contributed by atoms with Crippen molar-refractivity contribution >= 4 is 11.9 Å². The smallest absolute Gasteiger partial charge is 0.160 e. The van der Waals surface area contributed by atoms with Gasteiger partial charge >= 0.3 is 0 Å². The third kappa shape index (κ3) is 3.71. The first-order valence-corrected chi connectivity index (χ1v) is 5.10. The molecule has 0 radical (unpaired) electrons. The molecule has 0 aromatic heterocycles. The van der Waals surface area contributed by atoms with E-state index in [2.05, 4.69) is 0 Å². The van der Waals surface area contributed by atoms with E-state index in [0.717, 1.165) is 12.1 Å². The fraction of sp³-hybridized carbons (Fsp3) is 0.250. The Morgan fingerprint density at radius 3 is 2.59 bits per heavy atom. The molecule has 17 heavy (non-hydrogen) atoms. The maximum absolute atomic E-state index is 12.9. The summed E-state index contributed by atoms with van der Waals surface area (Å²) < 4.78 is 37.6. The molecule has 0 fully saturated rings. The summed E-state index contributed by atoms with van der Waals surface area (Å²) in [7, 11) is 0. The van der Waals surface area contributed by atoms with Gasteiger partial charge in [-0.1, -0.05) is 13.0 Å². The number of hydrogen-bond acceptors (Lipinski definition) is 2. The second-order valence-corrected chi connectivity index (χ2v) is 3.43. The van der Waals surface area contributed by atoms with Crippen LogP contribution in [0.3, 0.4) is 0 Å². The van der Waals surface area contributed by atoms with Gasteiger partial charge in [0, 0.05) is 12.0 Å². The van der Waals surface area contributed by atoms with Crippen molar-refractivity contribution in [2.45, 2.75) is 13.3 Å². The van der Waals surface area contributed by atoms with Crippen LogP contribution in [-0.2, 0) is 4.79 Å². The minimum absolute atomic E-state index is 0.181. The van der Waals surface area contributed by atoms with Gasteiger partial charge in [-0.3, -0.25) is 4.79 Å². The summed E-state index contributed by atoms with van der Waals surface area (Å²) >= 11 is 0. The van der Waals surface area contributed by atoms with Crippen molar-refractivity contribution in [1.29, 1.82) is 0 Å². The SMILES string of the molecule is CCC(=O)/C(=C/c1ccc(F)c(F)c1)CNF. The number of Topliss-reactive ketones (excluding diaryl/α,β-unsaturated/α-hetero) is 1. The van der Waals surface area contributed by atoms with Crippen LogP contribution in [0.2, 0.25) is 0 Å². The van der Waals surface area contributed by atoms with Crippen LogP contribution in [0.1, 0.15) is 18.9 Å². The van der Waals surface area contributed by atoms with Crippen LogP contribution < -0.4 is 5.54 Å². The van der Waals surface area contributed by atoms with Crippen LogP contribution in [0.4, 0.5) is 13.3 Å². The summed E-state index contributed by atoms with van der Waals surface area (Å²) in [5, 5.41) is 0. The molecule has 5 heteroatoms. The molecular formula is C12H12F3NO. The van der Waals surface area contributed by atoms with E-state index in [9.17, 15) is 18.1 Å². The van der Waals surface area contributed by atoms with Gasteiger partial charge in [0.05, 0.1) is 6.54 Å². The van der Waals surface area contributed by atoms with Gasteiger partial charge in [-0.15, -0.1) is 4.48 Å². The van der Waals surface area contributed by atoms with E-state index < -0.39 is 11.6 Å². The highest BCUT2D eigenvalue weighted by atomic mass is 19.2. The number of nitrogens with one attached hydrogen (secondary N) is 1. The first-order chi connectivity index (χ1) is 8.08. The Kier molecular flexibility index (Phi) is 4.90. The summed E-state index contributed by atoms with van der Waals surface area (Å²) in [6.45, 7) is 1.38. The van der Waals surface area contributed by atoms with Gasteiger partial charge in [0.1, 0.15) is 0 Å². The van der Waals surface area contributed by atoms with E-state index in [4.69, 9.17) is 0 Å². The average molecular weight is 243 g/mol. The van der Waals surface area contributed by atoms with Crippen molar-refractivity contribution in [3.05, 3.63) is 41.0 Å². The molecule has 0 spiro atoms. The molecule has 0 amide bonds. The van der Waals surface area contributed by atoms with Gasteiger partial charge in [0.25, 0.3) is 0 Å². The fourth-order valence-corrected chi connectivity index (χ4v) is 1.33. The highest BCUT2D eigenvalue weighted by Crippen LogP contribution is 2.13. The molecule has 0 heterocycles. The van der Waals surface area contributed by atoms with E-state index in [-0.39, 0.29) is 24.3 Å². The third-order valence-electron chi connectivity index (χ3n) is 2.22. The Morgan fingerprint density at radius 2 is 2.06 bits per heavy atom. The van der Waals surface area contributed by atoms with Crippen molar-refractivity contribution in [1.82, 2.24) is 5.54 Å². The lowest BCUT2D eigenvalue weighted by molar-refractivity contribution is -0.115. The Morgan fingerprint density at radius 1 is 1.35 bits per heavy atom. The molecule has 0 aliphatic rings. The molecule has 0 aliphatic carbocycles. The highest BCUT2D eigenvalue weighted by molar-refractivity contribution is 5.99. The summed E-state index contributed by atoms with van der Waals surface area (Å²) in [4.78, 5) is 11.4. The quantitative estimate of drug-likeness (QED) is 0.636. The molecule has 0 unspecified atom stereocenters. The van der Waals surface area contributed by atoms with Crippen LogP contribution >= 0.6 is 0 Å². The van der Waals surface area contributed by atoms with Crippen LogP contribution in [0.15, 0.2) is 23.8 Å². The molecule has 0 saturated carbocycles. The Hall–Kier alpha value is -1.62. The molecule has 1 rings (SSSR count). The maximum Gasteiger partial charge on any atom is 0.160 e. The lowest BCUT2D eigenvalue weighted by Gasteiger charge is -2.03. The van der Waals surface area contributed by atoms with E-state index in [1.807, 2.05) is 0 Å². The molecule has 1 aromatic carbocycles. The number of carbonyl (C=O) groups is 1. The van der Waals surface area contributed by atoms with Crippen LogP contribution in [0.25, 0.3) is 6.08 Å². The second kappa shape index (κ2) is 6.20. The molecule has 0 saturated heterocycles. The topological polar surface area (TPSA) is 29.1 Å². The van der Waals surface area contributed by atoms with Crippen LogP contribution in [-0.4, -0.2) is 12.3 Å². The molecule has 92 valence electrons. The summed E-state index contributed by atoms with van der Waals surface area (Å²) in [6.07, 6.45) is 1.55. The fourth-order valence-electron chi connectivity index (χ4n) is 1.33. The molecule has 0 aliphatic heterocycles. The van der Waals surface area contributed by atoms with E-state index >= 15 is 0 Å². The normalized spacial score (nSPS) is 11.6. The predicted octanol–water partition coefficient (Wildman–Crippen LogP) is 2.80. The van der Waals surface area contributed by atoms with Gasteiger partial charge in [-0.25, -0.2) is 8.78 Å². The summed E-state index contributed by atoms with van der Waals surface area (Å²) in [6, 6.07) is 3.23. The number of carbonyl (C=O) groups excluding carboxylic acids is 1. The number of ketones is 1. The van der Waals surface area contributed by atoms with E-state index in [1.165, 1.54) is 17.7 Å². The Bertz CT molecular complexity index is 443. The third-order valence-corrected chi connectivity index (χ3v) is 2.22. The largest absolute Gasteiger partial charge is 0.295 e. The lowest BCUT2D eigenvalue weighted by atomic mass is 10.1. The van der Waals surface area contributed by atoms with Gasteiger partial charge < -0.3 is 0 Å². The number of benzene rings is 1. The first-order valence-electron chi connectivity index (χ1n) is 5.10. The van der Waals surface area contributed by atoms with E-state index in [1.54, 1.807) is 6.92 Å². The maximum atomic E-state index is 12.9. The minimum Gasteiger partial charge on any atom is -0.295 e. The summed E-state index contributed by atoms with van der Waals surface area (Å²) in [5.41, 5.74) is 1.87. The first kappa shape index (κ1) is 13.4. The molecular weight excluding hydrogens is 231 g/mol. The van der Waals surface area contributed by atoms with Crippen LogP contribution in [0.5, 0.6) is 0 Å². The average Bonchev–Trinajstić information content (AvgIpc) is 2.32. The zero-order valence-electron chi connectivity index (χ0n) is 9.27. The molecule has 1 aromatic rings. The second-order valence-electron chi connectivity index (χ2n) is 3.43. The number of halogens is 3. The Labute approximate surface area is 97.1 Å². The molecule has 2 nitrogen and oxygen atoms in total. The minimum atomic E-state index is -1.00. The van der Waals surface area contributed by atoms with Gasteiger partial charge in [-0.2, -0.15) is 5.54 Å². The molecule has 0 bridgehead atoms. The number of rotatable bonds is 5. The monoisotopic (exact) mass is 243 g/mol. The van der Waals surface area contributed by atoms with Crippen molar-refractivity contribution in [3.8, 4) is 0 Å². The lowest BCUT2D eigenvalue weighted by Crippen LogP contribution is -2.13. The van der Waals surface area contributed by atoms with Gasteiger partial charge in [0.15, 0.2) is 17.4 Å². The highest BCUT2D eigenvalue weighted by Gasteiger charge is 2.08. The van der Waals surface area contributed by atoms with Crippen molar-refractivity contribution in [3.63, 3.8) is 0 Å². The molecule has 1 N–H and O–H groups in total. The Balaban J connectivity index is 3.03. The van der Waals surface area contributed by atoms with Gasteiger partial charge in [0.2, 0.25) is 0 Å². The summed E-state index contributed by atoms with van der Waals surface area (Å²) in [5.74, 6) is -2.22. The van der Waals surface area contributed by atoms with Crippen molar-refractivity contribution < 1.29 is 18.1 Å². The van der Waals surface area contributed by atoms with Gasteiger partial charge in [-0.05, 0) is 23.8 Å². The number of hydrogen-bond donors (Lipinski definition) is 1. The van der Waals surface area contributed by atoms with Crippen LogP contribution in [0, 0.1) is 11.6 Å².